The molecule has 51 heavy (non-hydrogen) atoms. The van der Waals surface area contributed by atoms with E-state index in [1.165, 1.54) is 6.07 Å². The van der Waals surface area contributed by atoms with Crippen molar-refractivity contribution in [2.45, 2.75) is 133 Å². The first kappa shape index (κ1) is 37.3. The number of hydrogen-bond donors (Lipinski definition) is 4. The van der Waals surface area contributed by atoms with Crippen molar-refractivity contribution in [3.05, 3.63) is 52.6 Å². The summed E-state index contributed by atoms with van der Waals surface area (Å²) in [4.78, 5) is 53.3. The van der Waals surface area contributed by atoms with Crippen LogP contribution in [0.4, 0.5) is 0 Å². The minimum atomic E-state index is -0.886. The smallest absolute Gasteiger partial charge is 0.335 e. The van der Waals surface area contributed by atoms with E-state index in [0.717, 1.165) is 56.2 Å². The van der Waals surface area contributed by atoms with Crippen molar-refractivity contribution in [1.82, 2.24) is 14.9 Å². The van der Waals surface area contributed by atoms with E-state index in [1.54, 1.807) is 18.8 Å². The molecule has 1 unspecified atom stereocenters. The van der Waals surface area contributed by atoms with Crippen molar-refractivity contribution >= 4 is 17.8 Å². The Morgan fingerprint density at radius 3 is 2.51 bits per heavy atom. The van der Waals surface area contributed by atoms with Gasteiger partial charge in [-0.3, -0.25) is 9.59 Å². The van der Waals surface area contributed by atoms with Gasteiger partial charge >= 0.3 is 17.6 Å². The maximum Gasteiger partial charge on any atom is 0.335 e. The number of carbonyl (C=O) groups is 3. The molecule has 4 aliphatic carbocycles. The van der Waals surface area contributed by atoms with Crippen LogP contribution in [0.25, 0.3) is 0 Å². The molecule has 9 atom stereocenters. The summed E-state index contributed by atoms with van der Waals surface area (Å²) in [6.07, 6.45) is 14.6. The van der Waals surface area contributed by atoms with Crippen molar-refractivity contribution in [3.8, 4) is 0 Å². The molecule has 2 heterocycles. The van der Waals surface area contributed by atoms with E-state index < -0.39 is 23.6 Å². The topological polar surface area (TPSA) is 181 Å². The molecule has 12 heteroatoms. The number of hydrogen-bond acceptors (Lipinski definition) is 9. The second kappa shape index (κ2) is 15.2. The van der Waals surface area contributed by atoms with Crippen LogP contribution in [-0.4, -0.2) is 67.1 Å². The molecule has 0 saturated heterocycles. The number of carbonyl (C=O) groups excluding carboxylic acids is 2. The van der Waals surface area contributed by atoms with E-state index in [1.807, 2.05) is 17.7 Å². The predicted molar refractivity (Wildman–Crippen MR) is 186 cm³/mol. The maximum atomic E-state index is 13.7. The molecule has 0 aliphatic heterocycles. The Morgan fingerprint density at radius 1 is 1.04 bits per heavy atom. The first-order valence-corrected chi connectivity index (χ1v) is 19.0. The van der Waals surface area contributed by atoms with Crippen LogP contribution >= 0.6 is 0 Å². The molecule has 4 aliphatic rings. The zero-order valence-corrected chi connectivity index (χ0v) is 30.1. The second-order valence-corrected chi connectivity index (χ2v) is 16.2. The number of amides is 1. The monoisotopic (exact) mass is 709 g/mol. The lowest BCUT2D eigenvalue weighted by Crippen LogP contribution is -2.63. The van der Waals surface area contributed by atoms with Crippen LogP contribution in [0, 0.1) is 28.6 Å². The number of aliphatic hydroxyl groups excluding tert-OH is 1. The summed E-state index contributed by atoms with van der Waals surface area (Å²) in [6.45, 7) is 2.23. The van der Waals surface area contributed by atoms with Gasteiger partial charge in [0, 0.05) is 56.3 Å². The summed E-state index contributed by atoms with van der Waals surface area (Å²) < 4.78 is 13.2. The van der Waals surface area contributed by atoms with Crippen LogP contribution < -0.4 is 10.9 Å². The number of aryl methyl sites for hydroxylation is 1. The highest BCUT2D eigenvalue weighted by Gasteiger charge is 2.68. The highest BCUT2D eigenvalue weighted by atomic mass is 16.5. The normalized spacial score (nSPS) is 33.4. The summed E-state index contributed by atoms with van der Waals surface area (Å²) in [5.41, 5.74) is -0.225. The van der Waals surface area contributed by atoms with Gasteiger partial charge in [-0.05, 0) is 111 Å². The minimum absolute atomic E-state index is 0.0368. The molecule has 2 aromatic rings. The number of imidazole rings is 1. The van der Waals surface area contributed by atoms with Gasteiger partial charge < -0.3 is 34.4 Å². The Balaban J connectivity index is 1.10. The van der Waals surface area contributed by atoms with Crippen LogP contribution in [0.3, 0.4) is 0 Å². The van der Waals surface area contributed by atoms with E-state index in [9.17, 15) is 29.4 Å². The lowest BCUT2D eigenvalue weighted by molar-refractivity contribution is -0.219. The fraction of sp³-hybridized carbons (Fsp3) is 0.718. The molecule has 12 nitrogen and oxygen atoms in total. The zero-order chi connectivity index (χ0) is 36.4. The van der Waals surface area contributed by atoms with Crippen molar-refractivity contribution in [1.29, 1.82) is 0 Å². The Kier molecular flexibility index (Phi) is 11.1. The van der Waals surface area contributed by atoms with Gasteiger partial charge in [0.25, 0.3) is 0 Å². The number of esters is 1. The quantitative estimate of drug-likeness (QED) is 0.159. The SMILES string of the molecule is Cn1cncc1C[C@H](NC(=O)CCCCCCC(=O)O)C(=O)O[C@H]1CC[C@@]2(CO)C(CC[C@@H]3[C@@H]2CC[C@]2(C)[C@@H](c4ccc(=O)oc4)CC[C@]32O)C1. The summed E-state index contributed by atoms with van der Waals surface area (Å²) in [5, 5.41) is 35.4. The molecule has 0 radical (unpaired) electrons. The molecule has 0 aromatic carbocycles. The molecular formula is C39H55N3O9. The fourth-order valence-corrected chi connectivity index (χ4v) is 10.9. The van der Waals surface area contributed by atoms with Crippen molar-refractivity contribution in [3.63, 3.8) is 0 Å². The van der Waals surface area contributed by atoms with Gasteiger partial charge in [-0.15, -0.1) is 0 Å². The fourth-order valence-electron chi connectivity index (χ4n) is 10.9. The number of nitrogens with one attached hydrogen (secondary N) is 1. The number of aliphatic hydroxyl groups is 2. The number of nitrogens with zero attached hydrogens (tertiary/aromatic N) is 2. The average molecular weight is 710 g/mol. The van der Waals surface area contributed by atoms with E-state index in [4.69, 9.17) is 14.3 Å². The number of ether oxygens (including phenoxy) is 1. The van der Waals surface area contributed by atoms with Crippen molar-refractivity contribution in [2.24, 2.45) is 35.6 Å². The Morgan fingerprint density at radius 2 is 1.82 bits per heavy atom. The Labute approximate surface area is 299 Å². The van der Waals surface area contributed by atoms with E-state index in [2.05, 4.69) is 17.2 Å². The predicted octanol–water partition coefficient (Wildman–Crippen LogP) is 4.65. The minimum Gasteiger partial charge on any atom is -0.481 e. The largest absolute Gasteiger partial charge is 0.481 e. The van der Waals surface area contributed by atoms with Crippen LogP contribution in [0.5, 0.6) is 0 Å². The molecule has 0 spiro atoms. The standard InChI is InChI=1S/C39H55N3O9/c1-37-16-14-30-31(39(37,49)18-15-29(37)25-9-12-35(47)50-22-25)11-10-26-19-28(13-17-38(26,30)23-43)51-36(48)32(20-27-21-40-24-42(27)2)41-33(44)7-5-3-4-6-8-34(45)46/h9,12,21-22,24,26,28-32,43,49H,3-8,10-11,13-20,23H2,1-2H3,(H,41,44)(H,45,46)/t26?,28-,29+,30-,31+,32-,37+,38+,39-/m0/s1. The summed E-state index contributed by atoms with van der Waals surface area (Å²) >= 11 is 0. The number of aliphatic carboxylic acids is 1. The van der Waals surface area contributed by atoms with Crippen LogP contribution in [0.15, 0.2) is 40.1 Å². The number of aromatic nitrogens is 2. The lowest BCUT2D eigenvalue weighted by Gasteiger charge is -2.64. The molecule has 4 saturated carbocycles. The third-order valence-electron chi connectivity index (χ3n) is 13.7. The first-order chi connectivity index (χ1) is 24.4. The van der Waals surface area contributed by atoms with Gasteiger partial charge in [0.2, 0.25) is 5.91 Å². The van der Waals surface area contributed by atoms with Crippen molar-refractivity contribution in [2.75, 3.05) is 6.61 Å². The molecule has 2 aromatic heterocycles. The van der Waals surface area contributed by atoms with Crippen LogP contribution in [0.1, 0.15) is 120 Å². The summed E-state index contributed by atoms with van der Waals surface area (Å²) in [5.74, 6) is -1.09. The average Bonchev–Trinajstić information content (AvgIpc) is 3.64. The van der Waals surface area contributed by atoms with E-state index in [0.29, 0.717) is 38.5 Å². The van der Waals surface area contributed by atoms with E-state index >= 15 is 0 Å². The molecule has 4 fully saturated rings. The van der Waals surface area contributed by atoms with Gasteiger partial charge in [-0.1, -0.05) is 19.8 Å². The third kappa shape index (κ3) is 7.27. The number of carboxylic acids is 1. The molecule has 0 bridgehead atoms. The highest BCUT2D eigenvalue weighted by Crippen LogP contribution is 2.70. The number of carboxylic acid groups (broad SMARTS) is 1. The van der Waals surface area contributed by atoms with Gasteiger partial charge in [0.05, 0.1) is 18.2 Å². The Hall–Kier alpha value is -3.51. The lowest BCUT2D eigenvalue weighted by atomic mass is 9.43. The van der Waals surface area contributed by atoms with Crippen LogP contribution in [-0.2, 0) is 32.6 Å². The molecular weight excluding hydrogens is 654 g/mol. The highest BCUT2D eigenvalue weighted by molar-refractivity contribution is 5.84. The number of rotatable bonds is 14. The first-order valence-electron chi connectivity index (χ1n) is 19.0. The molecule has 6 rings (SSSR count). The Bertz CT molecular complexity index is 1600. The molecule has 4 N–H and O–H groups in total. The molecule has 1 amide bonds. The number of unbranched alkanes of at least 4 members (excludes halogenated alkanes) is 3. The van der Waals surface area contributed by atoms with Gasteiger partial charge in [-0.2, -0.15) is 0 Å². The van der Waals surface area contributed by atoms with Crippen LogP contribution in [0.2, 0.25) is 0 Å². The van der Waals surface area contributed by atoms with Crippen molar-refractivity contribution < 1.29 is 38.9 Å². The second-order valence-electron chi connectivity index (χ2n) is 16.2. The number of fused-ring (bicyclic) bond motifs is 5. The molecule has 280 valence electrons. The van der Waals surface area contributed by atoms with Gasteiger partial charge in [-0.25, -0.2) is 14.6 Å². The summed E-state index contributed by atoms with van der Waals surface area (Å²) in [6, 6.07) is 2.43. The zero-order valence-electron chi connectivity index (χ0n) is 30.1. The summed E-state index contributed by atoms with van der Waals surface area (Å²) in [7, 11) is 1.84. The third-order valence-corrected chi connectivity index (χ3v) is 13.7. The van der Waals surface area contributed by atoms with E-state index in [-0.39, 0.29) is 78.0 Å². The maximum absolute atomic E-state index is 13.7. The van der Waals surface area contributed by atoms with Gasteiger partial charge in [0.15, 0.2) is 0 Å². The van der Waals surface area contributed by atoms with Gasteiger partial charge in [0.1, 0.15) is 12.1 Å².